The molecule has 1 aliphatic heterocycles. The van der Waals surface area contributed by atoms with Gasteiger partial charge in [-0.25, -0.2) is 18.7 Å². The summed E-state index contributed by atoms with van der Waals surface area (Å²) in [5, 5.41) is 23.9. The molecule has 0 amide bonds. The number of nitrogen functional groups attached to an aromatic ring is 1. The number of aliphatic hydroxyl groups excluding tert-OH is 2. The predicted molar refractivity (Wildman–Crippen MR) is 107 cm³/mol. The lowest BCUT2D eigenvalue weighted by Gasteiger charge is -2.19. The van der Waals surface area contributed by atoms with Gasteiger partial charge in [0.2, 0.25) is 11.9 Å². The van der Waals surface area contributed by atoms with Crippen LogP contribution in [0.5, 0.6) is 0 Å². The van der Waals surface area contributed by atoms with Gasteiger partial charge in [0.25, 0.3) is 5.56 Å². The molecule has 9 N–H and O–H groups in total. The number of fused-ring (bicyclic) bond motifs is 1. The van der Waals surface area contributed by atoms with E-state index in [-0.39, 0.29) is 11.2 Å². The van der Waals surface area contributed by atoms with Gasteiger partial charge in [0, 0.05) is 4.91 Å². The molecule has 22 nitrogen and oxygen atoms in total. The summed E-state index contributed by atoms with van der Waals surface area (Å²) in [6, 6.07) is 0. The van der Waals surface area contributed by atoms with Crippen molar-refractivity contribution in [1.29, 1.82) is 0 Å². The van der Waals surface area contributed by atoms with Crippen LogP contribution in [0, 0.1) is 0 Å². The van der Waals surface area contributed by atoms with Crippen molar-refractivity contribution < 1.29 is 61.4 Å². The van der Waals surface area contributed by atoms with E-state index in [0.29, 0.717) is 0 Å². The summed E-state index contributed by atoms with van der Waals surface area (Å²) in [6.45, 7) is -1.11. The third-order valence-corrected chi connectivity index (χ3v) is 7.90. The lowest BCUT2D eigenvalue weighted by molar-refractivity contribution is -0.0495. The van der Waals surface area contributed by atoms with Crippen molar-refractivity contribution in [3.05, 3.63) is 20.8 Å². The molecule has 194 valence electrons. The van der Waals surface area contributed by atoms with Crippen molar-refractivity contribution in [2.24, 2.45) is 5.11 Å². The van der Waals surface area contributed by atoms with Crippen LogP contribution < -0.4 is 11.3 Å². The number of ether oxygens (including phenoxy) is 1. The van der Waals surface area contributed by atoms with Crippen LogP contribution in [0.3, 0.4) is 0 Å². The second-order valence-electron chi connectivity index (χ2n) is 6.53. The highest BCUT2D eigenvalue weighted by molar-refractivity contribution is 7.66. The smallest absolute Gasteiger partial charge is 0.387 e. The number of anilines is 1. The Morgan fingerprint density at radius 3 is 2.40 bits per heavy atom. The first-order valence-electron chi connectivity index (χ1n) is 8.66. The molecule has 6 atom stereocenters. The standard InChI is InChI=1S/C10H15N8O14P3/c11-9-14-6-3(7(21)15-9)13-10(16-17-12)18(6)8-5(20)4(19)2(30-8)1-29-34(25,26)32-35(27,28)31-33(22,23)24/h2,4-5,8,19-20H,1H2,(H,25,26)(H,27,28)(H2,22,23,24)(H3,11,14,15,21)/t2-,4-,5-,8-/m0/s1. The molecule has 0 spiro atoms. The van der Waals surface area contributed by atoms with E-state index in [4.69, 9.17) is 30.7 Å². The number of H-pyrrole nitrogens is 1. The number of hydrogen-bond donors (Lipinski definition) is 8. The van der Waals surface area contributed by atoms with Gasteiger partial charge in [-0.3, -0.25) is 18.9 Å². The molecule has 0 aromatic carbocycles. The number of aromatic amines is 1. The second kappa shape index (κ2) is 9.66. The average molecular weight is 564 g/mol. The maximum Gasteiger partial charge on any atom is 0.490 e. The zero-order chi connectivity index (χ0) is 26.3. The summed E-state index contributed by atoms with van der Waals surface area (Å²) in [6.07, 6.45) is -7.12. The number of phosphoric ester groups is 1. The molecule has 0 saturated carbocycles. The summed E-state index contributed by atoms with van der Waals surface area (Å²) in [5.74, 6) is -0.940. The number of aromatic nitrogens is 4. The first-order chi connectivity index (χ1) is 16.0. The normalized spacial score (nSPS) is 26.2. The van der Waals surface area contributed by atoms with E-state index in [1.165, 1.54) is 0 Å². The van der Waals surface area contributed by atoms with Crippen molar-refractivity contribution >= 4 is 46.5 Å². The number of nitrogens with one attached hydrogen (secondary N) is 1. The summed E-state index contributed by atoms with van der Waals surface area (Å²) < 4.78 is 51.6. The highest BCUT2D eigenvalue weighted by atomic mass is 31.3. The molecule has 2 aromatic rings. The number of rotatable bonds is 9. The quantitative estimate of drug-likeness (QED) is 0.0751. The minimum atomic E-state index is -5.79. The van der Waals surface area contributed by atoms with Crippen molar-refractivity contribution in [1.82, 2.24) is 19.5 Å². The average Bonchev–Trinajstić information content (AvgIpc) is 3.15. The highest BCUT2D eigenvalue weighted by Gasteiger charge is 2.47. The monoisotopic (exact) mass is 564 g/mol. The van der Waals surface area contributed by atoms with Gasteiger partial charge in [0.05, 0.1) is 6.61 Å². The van der Waals surface area contributed by atoms with Gasteiger partial charge in [-0.05, 0) is 10.6 Å². The van der Waals surface area contributed by atoms with E-state index in [1.807, 2.05) is 0 Å². The molecule has 25 heteroatoms. The number of phosphoric acid groups is 3. The van der Waals surface area contributed by atoms with Crippen LogP contribution in [0.2, 0.25) is 0 Å². The van der Waals surface area contributed by atoms with Gasteiger partial charge in [-0.1, -0.05) is 0 Å². The second-order valence-corrected chi connectivity index (χ2v) is 10.9. The van der Waals surface area contributed by atoms with Crippen LogP contribution in [0.15, 0.2) is 9.91 Å². The summed E-state index contributed by atoms with van der Waals surface area (Å²) in [5.41, 5.74) is 12.7. The molecule has 1 fully saturated rings. The Morgan fingerprint density at radius 2 is 1.80 bits per heavy atom. The number of imidazole rings is 1. The summed E-state index contributed by atoms with van der Waals surface area (Å²) >= 11 is 0. The molecule has 0 bridgehead atoms. The Hall–Kier alpha value is -2.25. The largest absolute Gasteiger partial charge is 0.490 e. The van der Waals surface area contributed by atoms with Crippen LogP contribution in [-0.4, -0.2) is 74.2 Å². The van der Waals surface area contributed by atoms with Crippen molar-refractivity contribution in [3.63, 3.8) is 0 Å². The number of nitrogens with two attached hydrogens (primary N) is 1. The Kier molecular flexibility index (Phi) is 7.55. The maximum absolute atomic E-state index is 12.1. The molecule has 2 unspecified atom stereocenters. The van der Waals surface area contributed by atoms with Gasteiger partial charge in [0.15, 0.2) is 17.4 Å². The fourth-order valence-electron chi connectivity index (χ4n) is 2.89. The Balaban J connectivity index is 1.84. The van der Waals surface area contributed by atoms with E-state index in [0.717, 1.165) is 4.57 Å². The van der Waals surface area contributed by atoms with E-state index in [1.54, 1.807) is 0 Å². The zero-order valence-electron chi connectivity index (χ0n) is 16.6. The summed E-state index contributed by atoms with van der Waals surface area (Å²) in [4.78, 5) is 60.0. The molecular weight excluding hydrogens is 549 g/mol. The van der Waals surface area contributed by atoms with Gasteiger partial charge in [0.1, 0.15) is 18.3 Å². The molecule has 0 radical (unpaired) electrons. The molecule has 0 aliphatic carbocycles. The van der Waals surface area contributed by atoms with Crippen LogP contribution >= 0.6 is 23.5 Å². The number of azide groups is 1. The first kappa shape index (κ1) is 27.3. The number of nitrogens with zero attached hydrogens (tertiary/aromatic N) is 6. The van der Waals surface area contributed by atoms with Gasteiger partial charge in [-0.2, -0.15) is 13.6 Å². The molecule has 1 aliphatic rings. The van der Waals surface area contributed by atoms with Crippen molar-refractivity contribution in [2.75, 3.05) is 12.3 Å². The fourth-order valence-corrected chi connectivity index (χ4v) is 5.92. The lowest BCUT2D eigenvalue weighted by Crippen LogP contribution is -2.33. The number of aliphatic hydroxyl groups is 2. The van der Waals surface area contributed by atoms with Crippen LogP contribution in [0.4, 0.5) is 11.9 Å². The zero-order valence-corrected chi connectivity index (χ0v) is 19.3. The summed E-state index contributed by atoms with van der Waals surface area (Å²) in [7, 11) is -17.0. The fraction of sp³-hybridized carbons (Fsp3) is 0.500. The predicted octanol–water partition coefficient (Wildman–Crippen LogP) is -1.39. The van der Waals surface area contributed by atoms with Gasteiger partial charge < -0.3 is 40.3 Å². The van der Waals surface area contributed by atoms with Crippen molar-refractivity contribution in [3.8, 4) is 0 Å². The molecule has 3 heterocycles. The van der Waals surface area contributed by atoms with Gasteiger partial charge in [-0.15, -0.1) is 0 Å². The third-order valence-electron chi connectivity index (χ3n) is 4.09. The van der Waals surface area contributed by atoms with E-state index >= 15 is 0 Å². The Labute approximate surface area is 191 Å². The van der Waals surface area contributed by atoms with E-state index in [9.17, 15) is 33.6 Å². The maximum atomic E-state index is 12.1. The minimum Gasteiger partial charge on any atom is -0.387 e. The van der Waals surface area contributed by atoms with E-state index < -0.39 is 72.1 Å². The Morgan fingerprint density at radius 1 is 1.14 bits per heavy atom. The Bertz CT molecular complexity index is 1380. The van der Waals surface area contributed by atoms with Gasteiger partial charge >= 0.3 is 23.5 Å². The van der Waals surface area contributed by atoms with Crippen molar-refractivity contribution in [2.45, 2.75) is 24.5 Å². The van der Waals surface area contributed by atoms with Crippen LogP contribution in [-0.2, 0) is 31.6 Å². The lowest BCUT2D eigenvalue weighted by atomic mass is 10.1. The SMILES string of the molecule is [N-]=[N+]=Nc1nc2c(=O)[nH]c(N)nc2n1[C@H]1O[C@@H](COP(=O)(O)OP(=O)(O)OP(=O)(O)O)[C@H](O)[C@@H]1O. The van der Waals surface area contributed by atoms with Crippen LogP contribution in [0.1, 0.15) is 6.23 Å². The molecular formula is C10H15N8O14P3. The van der Waals surface area contributed by atoms with E-state index in [2.05, 4.69) is 38.1 Å². The topological polar surface area (TPSA) is 348 Å². The minimum absolute atomic E-state index is 0.335. The highest BCUT2D eigenvalue weighted by Crippen LogP contribution is 2.66. The molecule has 35 heavy (non-hydrogen) atoms. The molecule has 2 aromatic heterocycles. The first-order valence-corrected chi connectivity index (χ1v) is 13.2. The third kappa shape index (κ3) is 6.31. The van der Waals surface area contributed by atoms with Crippen LogP contribution in [0.25, 0.3) is 21.6 Å². The number of hydrogen-bond acceptors (Lipinski definition) is 14. The molecule has 3 rings (SSSR count). The molecule has 1 saturated heterocycles.